The molecule has 2 rings (SSSR count). The first-order valence-electron chi connectivity index (χ1n) is 9.00. The van der Waals surface area contributed by atoms with Crippen molar-refractivity contribution in [3.63, 3.8) is 0 Å². The lowest BCUT2D eigenvalue weighted by molar-refractivity contribution is -0.135. The molecule has 1 aromatic rings. The Kier molecular flexibility index (Phi) is 7.25. The Morgan fingerprint density at radius 1 is 1.40 bits per heavy atom. The summed E-state index contributed by atoms with van der Waals surface area (Å²) in [7, 11) is 0. The van der Waals surface area contributed by atoms with Gasteiger partial charge in [0.1, 0.15) is 5.75 Å². The summed E-state index contributed by atoms with van der Waals surface area (Å²) in [5.74, 6) is 0.686. The number of benzene rings is 1. The number of likely N-dealkylation sites (tertiary alicyclic amines) is 1. The lowest BCUT2D eigenvalue weighted by atomic mass is 9.96. The van der Waals surface area contributed by atoms with E-state index in [0.717, 1.165) is 24.2 Å². The van der Waals surface area contributed by atoms with Crippen molar-refractivity contribution in [2.75, 3.05) is 26.2 Å². The first-order valence-corrected chi connectivity index (χ1v) is 9.00. The average Bonchev–Trinajstić information content (AvgIpc) is 2.59. The number of amides is 2. The van der Waals surface area contributed by atoms with E-state index in [4.69, 9.17) is 10.5 Å². The number of hydrogen-bond donors (Lipinski definition) is 2. The van der Waals surface area contributed by atoms with Gasteiger partial charge in [0.2, 0.25) is 11.8 Å². The van der Waals surface area contributed by atoms with Gasteiger partial charge in [-0.25, -0.2) is 0 Å². The highest BCUT2D eigenvalue weighted by Crippen LogP contribution is 2.19. The van der Waals surface area contributed by atoms with Gasteiger partial charge in [-0.2, -0.15) is 0 Å². The van der Waals surface area contributed by atoms with Gasteiger partial charge in [0.05, 0.1) is 18.4 Å². The summed E-state index contributed by atoms with van der Waals surface area (Å²) in [6.07, 6.45) is 2.09. The molecule has 0 bridgehead atoms. The molecule has 6 nitrogen and oxygen atoms in total. The normalized spacial score (nSPS) is 17.4. The summed E-state index contributed by atoms with van der Waals surface area (Å²) in [4.78, 5) is 26.5. The molecule has 1 aliphatic heterocycles. The van der Waals surface area contributed by atoms with E-state index >= 15 is 0 Å². The summed E-state index contributed by atoms with van der Waals surface area (Å²) in [5.41, 5.74) is 6.35. The second-order valence-corrected chi connectivity index (χ2v) is 6.75. The molecule has 1 aromatic carbocycles. The molecule has 1 saturated heterocycles. The van der Waals surface area contributed by atoms with Gasteiger partial charge in [-0.3, -0.25) is 9.59 Å². The average molecular weight is 347 g/mol. The molecule has 0 aromatic heterocycles. The van der Waals surface area contributed by atoms with Crippen LogP contribution in [0.5, 0.6) is 5.75 Å². The maximum Gasteiger partial charge on any atom is 0.227 e. The van der Waals surface area contributed by atoms with Gasteiger partial charge in [0, 0.05) is 26.2 Å². The molecule has 2 amide bonds. The fourth-order valence-electron chi connectivity index (χ4n) is 3.04. The Morgan fingerprint density at radius 3 is 2.92 bits per heavy atom. The number of carbonyl (C=O) groups excluding carboxylic acids is 2. The number of piperidine rings is 1. The fraction of sp³-hybridized carbons (Fsp3) is 0.579. The molecule has 138 valence electrons. The Bertz CT molecular complexity index is 589. The third-order valence-electron chi connectivity index (χ3n) is 4.21. The maximum absolute atomic E-state index is 12.6. The van der Waals surface area contributed by atoms with Crippen LogP contribution in [0, 0.1) is 5.92 Å². The standard InChI is InChI=1S/C19H29N3O3/c1-14(2)25-17-7-3-5-15(11-17)12-18(23)22-10-4-6-16(13-22)19(24)21-9-8-20/h3,5,7,11,14,16H,4,6,8-10,12-13,20H2,1-2H3,(H,21,24). The molecular formula is C19H29N3O3. The molecule has 1 fully saturated rings. The highest BCUT2D eigenvalue weighted by Gasteiger charge is 2.28. The monoisotopic (exact) mass is 347 g/mol. The zero-order chi connectivity index (χ0) is 18.2. The minimum atomic E-state index is -0.139. The second kappa shape index (κ2) is 9.42. The molecule has 1 atom stereocenters. The van der Waals surface area contributed by atoms with Crippen molar-refractivity contribution in [3.05, 3.63) is 29.8 Å². The highest BCUT2D eigenvalue weighted by atomic mass is 16.5. The fourth-order valence-corrected chi connectivity index (χ4v) is 3.04. The number of nitrogens with one attached hydrogen (secondary N) is 1. The van der Waals surface area contributed by atoms with Crippen molar-refractivity contribution in [3.8, 4) is 5.75 Å². The van der Waals surface area contributed by atoms with E-state index < -0.39 is 0 Å². The van der Waals surface area contributed by atoms with E-state index in [0.29, 0.717) is 32.6 Å². The summed E-state index contributed by atoms with van der Waals surface area (Å²) in [6.45, 7) is 6.05. The Morgan fingerprint density at radius 2 is 2.20 bits per heavy atom. The summed E-state index contributed by atoms with van der Waals surface area (Å²) >= 11 is 0. The molecule has 3 N–H and O–H groups in total. The van der Waals surface area contributed by atoms with Crippen LogP contribution in [-0.4, -0.2) is 49.0 Å². The van der Waals surface area contributed by atoms with Crippen LogP contribution in [0.1, 0.15) is 32.3 Å². The van der Waals surface area contributed by atoms with Crippen molar-refractivity contribution >= 4 is 11.8 Å². The molecular weight excluding hydrogens is 318 g/mol. The van der Waals surface area contributed by atoms with Gasteiger partial charge in [-0.15, -0.1) is 0 Å². The van der Waals surface area contributed by atoms with Crippen LogP contribution in [0.4, 0.5) is 0 Å². The van der Waals surface area contributed by atoms with Crippen molar-refractivity contribution in [2.45, 2.75) is 39.2 Å². The van der Waals surface area contributed by atoms with Crippen LogP contribution in [0.3, 0.4) is 0 Å². The number of hydrogen-bond acceptors (Lipinski definition) is 4. The molecule has 6 heteroatoms. The van der Waals surface area contributed by atoms with Crippen molar-refractivity contribution in [1.82, 2.24) is 10.2 Å². The third-order valence-corrected chi connectivity index (χ3v) is 4.21. The molecule has 1 unspecified atom stereocenters. The van der Waals surface area contributed by atoms with Crippen molar-refractivity contribution in [2.24, 2.45) is 11.7 Å². The number of nitrogens with zero attached hydrogens (tertiary/aromatic N) is 1. The molecule has 0 spiro atoms. The topological polar surface area (TPSA) is 84.7 Å². The number of ether oxygens (including phenoxy) is 1. The molecule has 1 aliphatic rings. The minimum Gasteiger partial charge on any atom is -0.491 e. The number of carbonyl (C=O) groups is 2. The van der Waals surface area contributed by atoms with E-state index in [1.807, 2.05) is 38.1 Å². The molecule has 0 radical (unpaired) electrons. The van der Waals surface area contributed by atoms with Gasteiger partial charge in [0.25, 0.3) is 0 Å². The van der Waals surface area contributed by atoms with Gasteiger partial charge in [-0.05, 0) is 44.4 Å². The van der Waals surface area contributed by atoms with E-state index in [9.17, 15) is 9.59 Å². The Hall–Kier alpha value is -2.08. The van der Waals surface area contributed by atoms with Crippen LogP contribution >= 0.6 is 0 Å². The number of rotatable bonds is 7. The van der Waals surface area contributed by atoms with E-state index in [1.54, 1.807) is 4.90 Å². The minimum absolute atomic E-state index is 0.00437. The molecule has 25 heavy (non-hydrogen) atoms. The summed E-state index contributed by atoms with van der Waals surface area (Å²) < 4.78 is 5.68. The SMILES string of the molecule is CC(C)Oc1cccc(CC(=O)N2CCCC(C(=O)NCCN)C2)c1. The van der Waals surface area contributed by atoms with Crippen molar-refractivity contribution in [1.29, 1.82) is 0 Å². The largest absolute Gasteiger partial charge is 0.491 e. The maximum atomic E-state index is 12.6. The zero-order valence-corrected chi connectivity index (χ0v) is 15.2. The summed E-state index contributed by atoms with van der Waals surface area (Å²) in [5, 5.41) is 2.82. The quantitative estimate of drug-likeness (QED) is 0.779. The Balaban J connectivity index is 1.92. The number of nitrogens with two attached hydrogens (primary N) is 1. The second-order valence-electron chi connectivity index (χ2n) is 6.75. The summed E-state index contributed by atoms with van der Waals surface area (Å²) in [6, 6.07) is 7.64. The lowest BCUT2D eigenvalue weighted by Crippen LogP contribution is -2.46. The van der Waals surface area contributed by atoms with Crippen LogP contribution in [0.15, 0.2) is 24.3 Å². The molecule has 1 heterocycles. The zero-order valence-electron chi connectivity index (χ0n) is 15.2. The van der Waals surface area contributed by atoms with Gasteiger partial charge >= 0.3 is 0 Å². The van der Waals surface area contributed by atoms with Crippen LogP contribution in [-0.2, 0) is 16.0 Å². The predicted molar refractivity (Wildman–Crippen MR) is 97.3 cm³/mol. The van der Waals surface area contributed by atoms with Gasteiger partial charge in [0.15, 0.2) is 0 Å². The van der Waals surface area contributed by atoms with E-state index in [-0.39, 0.29) is 23.8 Å². The van der Waals surface area contributed by atoms with Crippen LogP contribution in [0.25, 0.3) is 0 Å². The first kappa shape index (κ1) is 19.2. The predicted octanol–water partition coefficient (Wildman–Crippen LogP) is 1.33. The molecule has 0 saturated carbocycles. The third kappa shape index (κ3) is 6.05. The highest BCUT2D eigenvalue weighted by molar-refractivity contribution is 5.82. The van der Waals surface area contributed by atoms with Gasteiger partial charge < -0.3 is 20.7 Å². The first-order chi connectivity index (χ1) is 12.0. The lowest BCUT2D eigenvalue weighted by Gasteiger charge is -2.32. The Labute approximate surface area is 149 Å². The van der Waals surface area contributed by atoms with Crippen molar-refractivity contribution < 1.29 is 14.3 Å². The smallest absolute Gasteiger partial charge is 0.227 e. The molecule has 0 aliphatic carbocycles. The van der Waals surface area contributed by atoms with Gasteiger partial charge in [-0.1, -0.05) is 12.1 Å². The van der Waals surface area contributed by atoms with Crippen LogP contribution < -0.4 is 15.8 Å². The van der Waals surface area contributed by atoms with E-state index in [1.165, 1.54) is 0 Å². The van der Waals surface area contributed by atoms with E-state index in [2.05, 4.69) is 5.32 Å². The van der Waals surface area contributed by atoms with Crippen LogP contribution in [0.2, 0.25) is 0 Å².